The predicted molar refractivity (Wildman–Crippen MR) is 256 cm³/mol. The molecule has 8 aromatic carbocycles. The lowest BCUT2D eigenvalue weighted by atomic mass is 9.97. The molecule has 0 atom stereocenters. The minimum absolute atomic E-state index is 0.506. The maximum absolute atomic E-state index is 10.3. The van der Waals surface area contributed by atoms with Gasteiger partial charge in [0.2, 0.25) is 0 Å². The quantitative estimate of drug-likeness (QED) is 0.0862. The van der Waals surface area contributed by atoms with Crippen molar-refractivity contribution >= 4 is 74.9 Å². The van der Waals surface area contributed by atoms with Crippen molar-refractivity contribution in [1.29, 1.82) is 5.26 Å². The molecule has 0 aliphatic carbocycles. The normalized spacial score (nSPS) is 11.1. The average molecular weight is 789 g/mol. The van der Waals surface area contributed by atoms with Crippen LogP contribution in [-0.4, -0.2) is 6.61 Å². The molecule has 294 valence electrons. The second-order valence-electron chi connectivity index (χ2n) is 14.6. The smallest absolute Gasteiger partial charge is 0.195 e. The molecule has 0 saturated heterocycles. The molecule has 0 fully saturated rings. The van der Waals surface area contributed by atoms with Crippen molar-refractivity contribution in [3.05, 3.63) is 227 Å². The standard InChI is InChI=1S/C56H44N4O/c1-4-41-20-26-49(27-21-41)59(47-12-8-6-9-13-47)50-28-24-43(25-29-50)17-19-45-37-54-46(40-57)36-44(38-55(54)56(39-45)58-3)18-16-42-22-30-51(31-23-42)60(48-14-10-7-11-15-48)52-32-34-53(35-33-52)61-5-2/h6-39H,4-5H2,1-2H3/b18-16-,19-17-. The summed E-state index contributed by atoms with van der Waals surface area (Å²) in [6.07, 6.45) is 9.09. The van der Waals surface area contributed by atoms with Crippen molar-refractivity contribution in [3.8, 4) is 11.8 Å². The van der Waals surface area contributed by atoms with Gasteiger partial charge in [0, 0.05) is 34.1 Å². The zero-order valence-electron chi connectivity index (χ0n) is 34.2. The zero-order chi connectivity index (χ0) is 42.0. The lowest BCUT2D eigenvalue weighted by Crippen LogP contribution is -2.09. The van der Waals surface area contributed by atoms with Crippen molar-refractivity contribution in [3.63, 3.8) is 0 Å². The van der Waals surface area contributed by atoms with Crippen LogP contribution in [0.4, 0.5) is 39.8 Å². The second-order valence-corrected chi connectivity index (χ2v) is 14.6. The number of nitriles is 1. The molecular weight excluding hydrogens is 745 g/mol. The molecule has 0 bridgehead atoms. The molecule has 61 heavy (non-hydrogen) atoms. The summed E-state index contributed by atoms with van der Waals surface area (Å²) < 4.78 is 5.68. The monoisotopic (exact) mass is 788 g/mol. The lowest BCUT2D eigenvalue weighted by molar-refractivity contribution is 0.340. The first kappa shape index (κ1) is 39.7. The molecule has 0 unspecified atom stereocenters. The van der Waals surface area contributed by atoms with Crippen LogP contribution in [0.3, 0.4) is 0 Å². The molecule has 0 saturated carbocycles. The SMILES string of the molecule is [C-]#[N+]c1cc(/C=C\c2ccc(N(c3ccccc3)c3ccc(CC)cc3)cc2)cc2c(C#N)cc(/C=C\c3ccc(N(c4ccccc4)c4ccc(OCC)cc4)cc3)cc12. The van der Waals surface area contributed by atoms with Crippen molar-refractivity contribution < 1.29 is 4.74 Å². The molecule has 0 aliphatic heterocycles. The maximum atomic E-state index is 10.3. The first-order valence-electron chi connectivity index (χ1n) is 20.5. The third-order valence-electron chi connectivity index (χ3n) is 10.6. The Labute approximate surface area is 358 Å². The van der Waals surface area contributed by atoms with Gasteiger partial charge in [0.25, 0.3) is 0 Å². The van der Waals surface area contributed by atoms with E-state index in [0.29, 0.717) is 17.9 Å². The van der Waals surface area contributed by atoms with Gasteiger partial charge in [-0.2, -0.15) is 5.26 Å². The molecule has 0 N–H and O–H groups in total. The highest BCUT2D eigenvalue weighted by atomic mass is 16.5. The molecule has 0 amide bonds. The average Bonchev–Trinajstić information content (AvgIpc) is 3.32. The van der Waals surface area contributed by atoms with Crippen LogP contribution in [-0.2, 0) is 6.42 Å². The van der Waals surface area contributed by atoms with Gasteiger partial charge in [-0.1, -0.05) is 110 Å². The Hall–Kier alpha value is -8.12. The number of hydrogen-bond acceptors (Lipinski definition) is 4. The summed E-state index contributed by atoms with van der Waals surface area (Å²) in [5.74, 6) is 0.840. The number of nitrogens with zero attached hydrogens (tertiary/aromatic N) is 4. The van der Waals surface area contributed by atoms with Crippen molar-refractivity contribution in [2.24, 2.45) is 0 Å². The molecule has 5 heteroatoms. The summed E-state index contributed by atoms with van der Waals surface area (Å²) in [6.45, 7) is 12.8. The van der Waals surface area contributed by atoms with Gasteiger partial charge in [0.15, 0.2) is 5.69 Å². The number of benzene rings is 8. The van der Waals surface area contributed by atoms with Crippen molar-refractivity contribution in [2.75, 3.05) is 16.4 Å². The zero-order valence-corrected chi connectivity index (χ0v) is 34.2. The number of fused-ring (bicyclic) bond motifs is 1. The van der Waals surface area contributed by atoms with Crippen LogP contribution in [0.5, 0.6) is 5.75 Å². The largest absolute Gasteiger partial charge is 0.494 e. The van der Waals surface area contributed by atoms with Crippen LogP contribution in [0.2, 0.25) is 0 Å². The van der Waals surface area contributed by atoms with E-state index in [1.54, 1.807) is 0 Å². The number of aryl methyl sites for hydroxylation is 1. The van der Waals surface area contributed by atoms with Gasteiger partial charge in [-0.15, -0.1) is 0 Å². The second kappa shape index (κ2) is 18.6. The maximum Gasteiger partial charge on any atom is 0.195 e. The van der Waals surface area contributed by atoms with Gasteiger partial charge < -0.3 is 14.5 Å². The van der Waals surface area contributed by atoms with Gasteiger partial charge >= 0.3 is 0 Å². The molecule has 0 radical (unpaired) electrons. The molecule has 0 spiro atoms. The number of para-hydroxylation sites is 2. The van der Waals surface area contributed by atoms with Crippen molar-refractivity contribution in [2.45, 2.75) is 20.3 Å². The van der Waals surface area contributed by atoms with E-state index >= 15 is 0 Å². The Morgan fingerprint density at radius 3 is 1.39 bits per heavy atom. The molecule has 5 nitrogen and oxygen atoms in total. The molecular formula is C56H44N4O. The van der Waals surface area contributed by atoms with E-state index in [2.05, 4.69) is 149 Å². The fourth-order valence-corrected chi connectivity index (χ4v) is 7.51. The Kier molecular flexibility index (Phi) is 12.1. The number of rotatable bonds is 13. The fraction of sp³-hybridized carbons (Fsp3) is 0.0714. The van der Waals surface area contributed by atoms with E-state index in [9.17, 15) is 5.26 Å². The highest BCUT2D eigenvalue weighted by molar-refractivity contribution is 6.01. The van der Waals surface area contributed by atoms with Gasteiger partial charge in [0.1, 0.15) is 5.75 Å². The summed E-state index contributed by atoms with van der Waals surface area (Å²) in [7, 11) is 0. The minimum Gasteiger partial charge on any atom is -0.494 e. The first-order chi connectivity index (χ1) is 30.0. The van der Waals surface area contributed by atoms with Crippen LogP contribution in [0.15, 0.2) is 182 Å². The van der Waals surface area contributed by atoms with Crippen LogP contribution in [0.25, 0.3) is 39.9 Å². The van der Waals surface area contributed by atoms with E-state index in [1.165, 1.54) is 5.56 Å². The molecule has 8 rings (SSSR count). The number of anilines is 6. The fourth-order valence-electron chi connectivity index (χ4n) is 7.51. The number of hydrogen-bond donors (Lipinski definition) is 0. The Bertz CT molecular complexity index is 2890. The molecule has 8 aromatic rings. The van der Waals surface area contributed by atoms with Gasteiger partial charge in [0.05, 0.1) is 24.8 Å². The topological polar surface area (TPSA) is 43.9 Å². The van der Waals surface area contributed by atoms with Crippen LogP contribution < -0.4 is 14.5 Å². The van der Waals surface area contributed by atoms with E-state index in [1.807, 2.05) is 91.9 Å². The minimum atomic E-state index is 0.506. The summed E-state index contributed by atoms with van der Waals surface area (Å²) in [5, 5.41) is 11.8. The summed E-state index contributed by atoms with van der Waals surface area (Å²) >= 11 is 0. The van der Waals surface area contributed by atoms with E-state index < -0.39 is 0 Å². The van der Waals surface area contributed by atoms with Crippen LogP contribution >= 0.6 is 0 Å². The van der Waals surface area contributed by atoms with Gasteiger partial charge in [-0.05, 0) is 155 Å². The van der Waals surface area contributed by atoms with E-state index in [0.717, 1.165) is 79.3 Å². The van der Waals surface area contributed by atoms with Crippen LogP contribution in [0, 0.1) is 17.9 Å². The lowest BCUT2D eigenvalue weighted by Gasteiger charge is -2.25. The summed E-state index contributed by atoms with van der Waals surface area (Å²) in [4.78, 5) is 8.37. The third kappa shape index (κ3) is 9.13. The molecule has 0 aliphatic rings. The van der Waals surface area contributed by atoms with E-state index in [4.69, 9.17) is 11.3 Å². The Balaban J connectivity index is 1.02. The van der Waals surface area contributed by atoms with Gasteiger partial charge in [-0.25, -0.2) is 4.85 Å². The van der Waals surface area contributed by atoms with E-state index in [-0.39, 0.29) is 0 Å². The Morgan fingerprint density at radius 2 is 0.934 bits per heavy atom. The molecule has 0 aromatic heterocycles. The van der Waals surface area contributed by atoms with Crippen LogP contribution in [0.1, 0.15) is 47.2 Å². The summed E-state index contributed by atoms with van der Waals surface area (Å²) in [5.41, 5.74) is 12.4. The highest BCUT2D eigenvalue weighted by Gasteiger charge is 2.14. The summed E-state index contributed by atoms with van der Waals surface area (Å²) in [6, 6.07) is 64.6. The first-order valence-corrected chi connectivity index (χ1v) is 20.5. The predicted octanol–water partition coefficient (Wildman–Crippen LogP) is 15.5. The number of ether oxygens (including phenoxy) is 1. The van der Waals surface area contributed by atoms with Gasteiger partial charge in [-0.3, -0.25) is 0 Å². The Morgan fingerprint density at radius 1 is 0.508 bits per heavy atom. The third-order valence-corrected chi connectivity index (χ3v) is 10.6. The van der Waals surface area contributed by atoms with Crippen molar-refractivity contribution in [1.82, 2.24) is 0 Å². The highest BCUT2D eigenvalue weighted by Crippen LogP contribution is 2.38. The molecule has 0 heterocycles.